The van der Waals surface area contributed by atoms with E-state index >= 15 is 0 Å². The van der Waals surface area contributed by atoms with Crippen LogP contribution >= 0.6 is 0 Å². The van der Waals surface area contributed by atoms with Crippen LogP contribution in [0.4, 0.5) is 0 Å². The Balaban J connectivity index is 1.71. The van der Waals surface area contributed by atoms with Crippen molar-refractivity contribution in [1.29, 1.82) is 0 Å². The van der Waals surface area contributed by atoms with Crippen LogP contribution in [0.15, 0.2) is 18.2 Å². The van der Waals surface area contributed by atoms with E-state index in [1.54, 1.807) is 0 Å². The second kappa shape index (κ2) is 6.15. The number of phenols is 1. The molecule has 0 bridgehead atoms. The largest absolute Gasteiger partial charge is 0.508 e. The maximum Gasteiger partial charge on any atom is 0.115 e. The van der Waals surface area contributed by atoms with E-state index in [0.717, 1.165) is 26.2 Å². The summed E-state index contributed by atoms with van der Waals surface area (Å²) in [5.41, 5.74) is 2.74. The Morgan fingerprint density at radius 2 is 2.20 bits per heavy atom. The van der Waals surface area contributed by atoms with E-state index in [1.807, 2.05) is 12.1 Å². The highest BCUT2D eigenvalue weighted by Gasteiger charge is 2.26. The van der Waals surface area contributed by atoms with Gasteiger partial charge in [0.25, 0.3) is 0 Å². The highest BCUT2D eigenvalue weighted by molar-refractivity contribution is 5.38. The lowest BCUT2D eigenvalue weighted by Crippen LogP contribution is -2.35. The van der Waals surface area contributed by atoms with E-state index in [1.165, 1.54) is 36.8 Å². The number of fused-ring (bicyclic) bond motifs is 1. The second-order valence-electron chi connectivity index (χ2n) is 6.31. The van der Waals surface area contributed by atoms with Crippen LogP contribution in [-0.2, 0) is 11.2 Å². The Kier molecular flexibility index (Phi) is 4.27. The third kappa shape index (κ3) is 2.99. The number of aromatic hydroxyl groups is 1. The van der Waals surface area contributed by atoms with Gasteiger partial charge < -0.3 is 9.84 Å². The second-order valence-corrected chi connectivity index (χ2v) is 6.31. The summed E-state index contributed by atoms with van der Waals surface area (Å²) in [5.74, 6) is 1.07. The molecule has 110 valence electrons. The van der Waals surface area contributed by atoms with E-state index < -0.39 is 0 Å². The molecule has 1 heterocycles. The van der Waals surface area contributed by atoms with E-state index in [2.05, 4.69) is 18.0 Å². The third-order valence-electron chi connectivity index (χ3n) is 4.74. The number of benzene rings is 1. The highest BCUT2D eigenvalue weighted by Crippen LogP contribution is 2.35. The molecule has 3 nitrogen and oxygen atoms in total. The molecule has 2 atom stereocenters. The summed E-state index contributed by atoms with van der Waals surface area (Å²) in [6.07, 6.45) is 6.03. The minimum Gasteiger partial charge on any atom is -0.508 e. The van der Waals surface area contributed by atoms with Crippen molar-refractivity contribution in [3.8, 4) is 5.75 Å². The van der Waals surface area contributed by atoms with Gasteiger partial charge in [0.15, 0.2) is 0 Å². The summed E-state index contributed by atoms with van der Waals surface area (Å²) < 4.78 is 5.60. The molecule has 1 aliphatic heterocycles. The number of hydrogen-bond acceptors (Lipinski definition) is 3. The minimum absolute atomic E-state index is 0.396. The standard InChI is InChI=1S/C17H25NO2/c1-18(11-13-4-3-9-20-12-13)17-6-2-5-14-10-15(19)7-8-16(14)17/h7-8,10,13,17,19H,2-6,9,11-12H2,1H3. The molecule has 1 aromatic carbocycles. The molecule has 1 aliphatic carbocycles. The molecule has 1 fully saturated rings. The minimum atomic E-state index is 0.396. The first-order valence-corrected chi connectivity index (χ1v) is 7.84. The van der Waals surface area contributed by atoms with Gasteiger partial charge >= 0.3 is 0 Å². The third-order valence-corrected chi connectivity index (χ3v) is 4.74. The van der Waals surface area contributed by atoms with Gasteiger partial charge in [-0.25, -0.2) is 0 Å². The molecule has 3 heteroatoms. The molecule has 2 unspecified atom stereocenters. The molecule has 0 radical (unpaired) electrons. The molecule has 20 heavy (non-hydrogen) atoms. The fourth-order valence-corrected chi connectivity index (χ4v) is 3.72. The molecule has 0 aromatic heterocycles. The van der Waals surface area contributed by atoms with Crippen LogP contribution in [0.25, 0.3) is 0 Å². The van der Waals surface area contributed by atoms with E-state index in [9.17, 15) is 5.11 Å². The quantitative estimate of drug-likeness (QED) is 0.920. The molecule has 1 saturated heterocycles. The summed E-state index contributed by atoms with van der Waals surface area (Å²) >= 11 is 0. The van der Waals surface area contributed by atoms with Gasteiger partial charge in [-0.15, -0.1) is 0 Å². The maximum atomic E-state index is 9.64. The first kappa shape index (κ1) is 13.9. The summed E-state index contributed by atoms with van der Waals surface area (Å²) in [5, 5.41) is 9.64. The van der Waals surface area contributed by atoms with Crippen molar-refractivity contribution in [3.05, 3.63) is 29.3 Å². The van der Waals surface area contributed by atoms with Gasteiger partial charge in [0.2, 0.25) is 0 Å². The summed E-state index contributed by atoms with van der Waals surface area (Å²) in [6, 6.07) is 6.39. The molecule has 3 rings (SSSR count). The highest BCUT2D eigenvalue weighted by atomic mass is 16.5. The first-order valence-electron chi connectivity index (χ1n) is 7.84. The van der Waals surface area contributed by atoms with Gasteiger partial charge in [0.05, 0.1) is 6.61 Å². The topological polar surface area (TPSA) is 32.7 Å². The number of aryl methyl sites for hydroxylation is 1. The Hall–Kier alpha value is -1.06. The van der Waals surface area contributed by atoms with E-state index in [0.29, 0.717) is 17.7 Å². The van der Waals surface area contributed by atoms with E-state index in [-0.39, 0.29) is 0 Å². The zero-order valence-corrected chi connectivity index (χ0v) is 12.3. The zero-order valence-electron chi connectivity index (χ0n) is 12.3. The van der Waals surface area contributed by atoms with Gasteiger partial charge in [0.1, 0.15) is 5.75 Å². The number of phenolic OH excluding ortho intramolecular Hbond substituents is 1. The van der Waals surface area contributed by atoms with Crippen LogP contribution in [0.1, 0.15) is 42.9 Å². The van der Waals surface area contributed by atoms with Crippen LogP contribution < -0.4 is 0 Å². The lowest BCUT2D eigenvalue weighted by molar-refractivity contribution is 0.0347. The first-order chi connectivity index (χ1) is 9.74. The number of nitrogens with zero attached hydrogens (tertiary/aromatic N) is 1. The molecular weight excluding hydrogens is 250 g/mol. The van der Waals surface area contributed by atoms with Crippen molar-refractivity contribution in [2.24, 2.45) is 5.92 Å². The van der Waals surface area contributed by atoms with Gasteiger partial charge in [-0.1, -0.05) is 6.07 Å². The van der Waals surface area contributed by atoms with Crippen LogP contribution in [0.5, 0.6) is 5.75 Å². The maximum absolute atomic E-state index is 9.64. The summed E-state index contributed by atoms with van der Waals surface area (Å²) in [7, 11) is 2.24. The van der Waals surface area contributed by atoms with Gasteiger partial charge in [-0.2, -0.15) is 0 Å². The van der Waals surface area contributed by atoms with Crippen LogP contribution in [0.3, 0.4) is 0 Å². The summed E-state index contributed by atoms with van der Waals surface area (Å²) in [6.45, 7) is 2.97. The van der Waals surface area contributed by atoms with E-state index in [4.69, 9.17) is 4.74 Å². The number of ether oxygens (including phenoxy) is 1. The van der Waals surface area contributed by atoms with Gasteiger partial charge in [-0.05, 0) is 68.3 Å². The van der Waals surface area contributed by atoms with Crippen molar-refractivity contribution in [1.82, 2.24) is 4.90 Å². The monoisotopic (exact) mass is 275 g/mol. The Bertz CT molecular complexity index is 454. The Morgan fingerprint density at radius 3 is 3.00 bits per heavy atom. The molecule has 2 aliphatic rings. The Morgan fingerprint density at radius 1 is 1.30 bits per heavy atom. The van der Waals surface area contributed by atoms with Gasteiger partial charge in [0, 0.05) is 19.2 Å². The average Bonchev–Trinajstić information content (AvgIpc) is 2.47. The lowest BCUT2D eigenvalue weighted by atomic mass is 9.86. The molecule has 0 amide bonds. The predicted octanol–water partition coefficient (Wildman–Crippen LogP) is 3.13. The fraction of sp³-hybridized carbons (Fsp3) is 0.647. The number of hydrogen-bond donors (Lipinski definition) is 1. The van der Waals surface area contributed by atoms with Crippen molar-refractivity contribution < 1.29 is 9.84 Å². The molecule has 1 N–H and O–H groups in total. The van der Waals surface area contributed by atoms with Crippen LogP contribution in [0, 0.1) is 5.92 Å². The van der Waals surface area contributed by atoms with Crippen molar-refractivity contribution in [3.63, 3.8) is 0 Å². The normalized spacial score (nSPS) is 26.5. The Labute approximate surface area is 121 Å². The van der Waals surface area contributed by atoms with Crippen LogP contribution in [-0.4, -0.2) is 36.8 Å². The fourth-order valence-electron chi connectivity index (χ4n) is 3.72. The molecule has 0 saturated carbocycles. The van der Waals surface area contributed by atoms with Crippen molar-refractivity contribution in [2.75, 3.05) is 26.8 Å². The summed E-state index contributed by atoms with van der Waals surface area (Å²) in [4.78, 5) is 2.49. The van der Waals surface area contributed by atoms with Crippen LogP contribution in [0.2, 0.25) is 0 Å². The van der Waals surface area contributed by atoms with Crippen molar-refractivity contribution in [2.45, 2.75) is 38.1 Å². The van der Waals surface area contributed by atoms with Crippen molar-refractivity contribution >= 4 is 0 Å². The lowest BCUT2D eigenvalue weighted by Gasteiger charge is -2.36. The zero-order chi connectivity index (χ0) is 13.9. The number of rotatable bonds is 3. The smallest absolute Gasteiger partial charge is 0.115 e. The predicted molar refractivity (Wildman–Crippen MR) is 80.0 cm³/mol. The molecular formula is C17H25NO2. The SMILES string of the molecule is CN(CC1CCCOC1)C1CCCc2cc(O)ccc21. The van der Waals surface area contributed by atoms with Gasteiger partial charge in [-0.3, -0.25) is 4.90 Å². The molecule has 1 aromatic rings. The molecule has 0 spiro atoms. The average molecular weight is 275 g/mol.